The highest BCUT2D eigenvalue weighted by Crippen LogP contribution is 2.27. The second kappa shape index (κ2) is 6.32. The lowest BCUT2D eigenvalue weighted by atomic mass is 10.1. The van der Waals surface area contributed by atoms with Crippen LogP contribution in [0.3, 0.4) is 0 Å². The third-order valence-electron chi connectivity index (χ3n) is 3.76. The molecule has 0 aliphatic heterocycles. The van der Waals surface area contributed by atoms with Gasteiger partial charge in [-0.15, -0.1) is 18.5 Å². The summed E-state index contributed by atoms with van der Waals surface area (Å²) in [7, 11) is 5.40. The zero-order valence-electron chi connectivity index (χ0n) is 12.4. The molecular weight excluding hydrogens is 310 g/mol. The van der Waals surface area contributed by atoms with E-state index in [1.807, 2.05) is 37.3 Å². The van der Waals surface area contributed by atoms with Crippen LogP contribution in [0.4, 0.5) is 0 Å². The van der Waals surface area contributed by atoms with Crippen molar-refractivity contribution in [1.29, 1.82) is 0 Å². The van der Waals surface area contributed by atoms with Crippen molar-refractivity contribution in [2.75, 3.05) is 0 Å². The molecule has 4 heteroatoms. The van der Waals surface area contributed by atoms with Gasteiger partial charge in [-0.3, -0.25) is 4.79 Å². The Morgan fingerprint density at radius 1 is 1.00 bits per heavy atom. The Bertz CT molecular complexity index is 880. The first-order chi connectivity index (χ1) is 10.6. The standard InChI is InChI=1S/C18H18O2P2/c1-11-2-4-13(5-3-11)17-8-16(19)15-7-12(9-21)6-14(10-22)18(15)20-17/h2-8H,9-10,21-22H2,1H3. The molecule has 112 valence electrons. The normalized spacial score (nSPS) is 11.0. The molecule has 1 heterocycles. The molecule has 0 amide bonds. The summed E-state index contributed by atoms with van der Waals surface area (Å²) in [6.45, 7) is 2.04. The van der Waals surface area contributed by atoms with Crippen LogP contribution in [0.1, 0.15) is 16.7 Å². The van der Waals surface area contributed by atoms with Crippen molar-refractivity contribution < 1.29 is 4.42 Å². The van der Waals surface area contributed by atoms with Gasteiger partial charge < -0.3 is 4.42 Å². The highest BCUT2D eigenvalue weighted by molar-refractivity contribution is 7.15. The van der Waals surface area contributed by atoms with Gasteiger partial charge in [-0.05, 0) is 36.4 Å². The quantitative estimate of drug-likeness (QED) is 0.662. The summed E-state index contributed by atoms with van der Waals surface area (Å²) in [6, 6.07) is 13.6. The van der Waals surface area contributed by atoms with E-state index in [9.17, 15) is 4.79 Å². The van der Waals surface area contributed by atoms with E-state index in [-0.39, 0.29) is 5.43 Å². The third kappa shape index (κ3) is 2.86. The third-order valence-corrected chi connectivity index (χ3v) is 4.67. The van der Waals surface area contributed by atoms with Gasteiger partial charge in [0.2, 0.25) is 0 Å². The van der Waals surface area contributed by atoms with Crippen LogP contribution >= 0.6 is 18.5 Å². The molecule has 0 N–H and O–H groups in total. The maximum atomic E-state index is 12.5. The van der Waals surface area contributed by atoms with E-state index in [1.54, 1.807) is 6.07 Å². The summed E-state index contributed by atoms with van der Waals surface area (Å²) >= 11 is 0. The summed E-state index contributed by atoms with van der Waals surface area (Å²) < 4.78 is 6.07. The van der Waals surface area contributed by atoms with Crippen molar-refractivity contribution in [3.63, 3.8) is 0 Å². The Morgan fingerprint density at radius 2 is 1.73 bits per heavy atom. The van der Waals surface area contributed by atoms with Gasteiger partial charge in [0, 0.05) is 11.6 Å². The molecule has 0 fully saturated rings. The number of benzene rings is 2. The highest BCUT2D eigenvalue weighted by Gasteiger charge is 2.11. The maximum absolute atomic E-state index is 12.5. The average Bonchev–Trinajstić information content (AvgIpc) is 2.54. The van der Waals surface area contributed by atoms with Crippen LogP contribution in [0, 0.1) is 6.92 Å². The molecule has 0 spiro atoms. The smallest absolute Gasteiger partial charge is 0.193 e. The Balaban J connectivity index is 2.27. The van der Waals surface area contributed by atoms with Gasteiger partial charge in [0.1, 0.15) is 11.3 Å². The van der Waals surface area contributed by atoms with Crippen molar-refractivity contribution in [2.24, 2.45) is 0 Å². The Labute approximate surface area is 134 Å². The predicted octanol–water partition coefficient (Wildman–Crippen LogP) is 4.52. The second-order valence-electron chi connectivity index (χ2n) is 5.38. The van der Waals surface area contributed by atoms with Gasteiger partial charge in [0.25, 0.3) is 0 Å². The van der Waals surface area contributed by atoms with Gasteiger partial charge >= 0.3 is 0 Å². The number of hydrogen-bond donors (Lipinski definition) is 0. The van der Waals surface area contributed by atoms with Gasteiger partial charge in [0.05, 0.1) is 5.39 Å². The first-order valence-corrected chi connectivity index (χ1v) is 8.82. The molecule has 2 nitrogen and oxygen atoms in total. The molecule has 2 unspecified atom stereocenters. The van der Waals surface area contributed by atoms with Crippen LogP contribution in [0.15, 0.2) is 51.7 Å². The van der Waals surface area contributed by atoms with Gasteiger partial charge in [0.15, 0.2) is 5.43 Å². The van der Waals surface area contributed by atoms with E-state index in [2.05, 4.69) is 24.5 Å². The monoisotopic (exact) mass is 328 g/mol. The summed E-state index contributed by atoms with van der Waals surface area (Å²) in [5.41, 5.74) is 4.99. The van der Waals surface area contributed by atoms with Gasteiger partial charge in [-0.1, -0.05) is 35.9 Å². The van der Waals surface area contributed by atoms with E-state index in [1.165, 1.54) is 5.56 Å². The van der Waals surface area contributed by atoms with E-state index in [4.69, 9.17) is 4.42 Å². The Morgan fingerprint density at radius 3 is 2.36 bits per heavy atom. The molecule has 0 saturated carbocycles. The summed E-state index contributed by atoms with van der Waals surface area (Å²) in [5.74, 6) is 0.621. The van der Waals surface area contributed by atoms with Crippen LogP contribution in [-0.4, -0.2) is 0 Å². The first kappa shape index (κ1) is 15.4. The molecule has 0 aliphatic carbocycles. The molecule has 22 heavy (non-hydrogen) atoms. The summed E-state index contributed by atoms with van der Waals surface area (Å²) in [4.78, 5) is 12.5. The lowest BCUT2D eigenvalue weighted by Crippen LogP contribution is -2.03. The number of hydrogen-bond acceptors (Lipinski definition) is 2. The van der Waals surface area contributed by atoms with Gasteiger partial charge in [-0.2, -0.15) is 0 Å². The predicted molar refractivity (Wildman–Crippen MR) is 99.5 cm³/mol. The fourth-order valence-electron chi connectivity index (χ4n) is 2.52. The molecular formula is C18H18O2P2. The minimum atomic E-state index is 0.0109. The van der Waals surface area contributed by atoms with Crippen molar-refractivity contribution in [2.45, 2.75) is 19.2 Å². The number of rotatable bonds is 3. The van der Waals surface area contributed by atoms with Crippen LogP contribution in [0.2, 0.25) is 0 Å². The number of aryl methyl sites for hydroxylation is 1. The first-order valence-electron chi connectivity index (χ1n) is 7.19. The molecule has 0 aliphatic rings. The second-order valence-corrected chi connectivity index (χ2v) is 6.20. The zero-order chi connectivity index (χ0) is 15.7. The molecule has 2 atom stereocenters. The van der Waals surface area contributed by atoms with E-state index in [0.29, 0.717) is 16.7 Å². The molecule has 3 aromatic rings. The minimum absolute atomic E-state index is 0.0109. The largest absolute Gasteiger partial charge is 0.456 e. The topological polar surface area (TPSA) is 30.2 Å². The van der Waals surface area contributed by atoms with Gasteiger partial charge in [-0.25, -0.2) is 0 Å². The minimum Gasteiger partial charge on any atom is -0.456 e. The van der Waals surface area contributed by atoms with Crippen LogP contribution in [0.25, 0.3) is 22.3 Å². The van der Waals surface area contributed by atoms with Crippen LogP contribution in [0.5, 0.6) is 0 Å². The molecule has 3 rings (SSSR count). The Hall–Kier alpha value is -1.49. The van der Waals surface area contributed by atoms with Crippen LogP contribution < -0.4 is 5.43 Å². The lowest BCUT2D eigenvalue weighted by Gasteiger charge is -2.09. The average molecular weight is 328 g/mol. The molecule has 1 aromatic heterocycles. The summed E-state index contributed by atoms with van der Waals surface area (Å²) in [5, 5.41) is 0.660. The molecule has 2 aromatic carbocycles. The summed E-state index contributed by atoms with van der Waals surface area (Å²) in [6.07, 6.45) is 1.59. The van der Waals surface area contributed by atoms with Crippen molar-refractivity contribution >= 4 is 29.4 Å². The zero-order valence-corrected chi connectivity index (χ0v) is 14.7. The fraction of sp³-hybridized carbons (Fsp3) is 0.167. The Kier molecular flexibility index (Phi) is 4.43. The van der Waals surface area contributed by atoms with E-state index >= 15 is 0 Å². The maximum Gasteiger partial charge on any atom is 0.193 e. The molecule has 0 radical (unpaired) electrons. The lowest BCUT2D eigenvalue weighted by molar-refractivity contribution is 0.615. The SMILES string of the molecule is Cc1ccc(-c2cc(=O)c3cc(CP)cc(CP)c3o2)cc1. The molecule has 0 saturated heterocycles. The van der Waals surface area contributed by atoms with E-state index in [0.717, 1.165) is 29.0 Å². The molecule has 0 bridgehead atoms. The van der Waals surface area contributed by atoms with Crippen molar-refractivity contribution in [3.05, 3.63) is 69.4 Å². The fourth-order valence-corrected chi connectivity index (χ4v) is 3.06. The van der Waals surface area contributed by atoms with Crippen molar-refractivity contribution in [1.82, 2.24) is 0 Å². The highest BCUT2D eigenvalue weighted by atomic mass is 31.0. The van der Waals surface area contributed by atoms with Crippen molar-refractivity contribution in [3.8, 4) is 11.3 Å². The van der Waals surface area contributed by atoms with Crippen LogP contribution in [-0.2, 0) is 12.3 Å². The van der Waals surface area contributed by atoms with E-state index < -0.39 is 0 Å². The number of fused-ring (bicyclic) bond motifs is 1.